The van der Waals surface area contributed by atoms with Crippen molar-refractivity contribution in [3.8, 4) is 23.2 Å². The second-order valence-electron chi connectivity index (χ2n) is 8.22. The number of hydrogen-bond acceptors (Lipinski definition) is 5. The Kier molecular flexibility index (Phi) is 5.74. The van der Waals surface area contributed by atoms with Crippen LogP contribution in [0, 0.1) is 11.3 Å². The van der Waals surface area contributed by atoms with Gasteiger partial charge in [0, 0.05) is 5.56 Å². The fourth-order valence-corrected chi connectivity index (χ4v) is 5.43. The van der Waals surface area contributed by atoms with Gasteiger partial charge in [-0.15, -0.1) is 0 Å². The molecule has 34 heavy (non-hydrogen) atoms. The monoisotopic (exact) mass is 507 g/mol. The summed E-state index contributed by atoms with van der Waals surface area (Å²) in [5.74, 6) is 0.0250. The molecular formula is C23H17ClF3N3O3S. The fourth-order valence-electron chi connectivity index (χ4n) is 3.50. The van der Waals surface area contributed by atoms with Crippen LogP contribution in [-0.2, 0) is 16.2 Å². The van der Waals surface area contributed by atoms with Gasteiger partial charge in [-0.1, -0.05) is 23.7 Å². The van der Waals surface area contributed by atoms with E-state index < -0.39 is 27.4 Å². The molecule has 0 unspecified atom stereocenters. The number of nitrogens with zero attached hydrogens (tertiary/aromatic N) is 3. The van der Waals surface area contributed by atoms with Crippen molar-refractivity contribution in [2.75, 3.05) is 10.8 Å². The first-order valence-electron chi connectivity index (χ1n) is 9.92. The Hall–Kier alpha value is -3.29. The smallest absolute Gasteiger partial charge is 0.416 e. The Bertz CT molecular complexity index is 1420. The molecule has 3 aromatic rings. The van der Waals surface area contributed by atoms with Crippen molar-refractivity contribution in [2.24, 2.45) is 0 Å². The van der Waals surface area contributed by atoms with E-state index in [1.54, 1.807) is 13.8 Å². The van der Waals surface area contributed by atoms with Crippen LogP contribution in [0.3, 0.4) is 0 Å². The zero-order chi connectivity index (χ0) is 24.9. The first-order valence-corrected chi connectivity index (χ1v) is 11.7. The highest BCUT2D eigenvalue weighted by Crippen LogP contribution is 2.40. The number of halogens is 4. The SMILES string of the molecule is CC1(C)CN(S(=O)(=O)c2ccc(C#N)c(Cl)c2)c2ccc(-c3ccc(C(F)(F)F)cc3)nc2O1. The summed E-state index contributed by atoms with van der Waals surface area (Å²) in [5, 5.41) is 9.07. The molecular weight excluding hydrogens is 491 g/mol. The average Bonchev–Trinajstić information content (AvgIpc) is 2.77. The lowest BCUT2D eigenvalue weighted by Crippen LogP contribution is -2.49. The number of fused-ring (bicyclic) bond motifs is 1. The summed E-state index contributed by atoms with van der Waals surface area (Å²) in [7, 11) is -4.10. The molecule has 4 rings (SSSR count). The molecule has 176 valence electrons. The molecule has 0 N–H and O–H groups in total. The highest BCUT2D eigenvalue weighted by molar-refractivity contribution is 7.92. The number of sulfonamides is 1. The molecule has 0 saturated carbocycles. The molecule has 11 heteroatoms. The number of pyridine rings is 1. The van der Waals surface area contributed by atoms with Crippen molar-refractivity contribution in [1.82, 2.24) is 4.98 Å². The Morgan fingerprint density at radius 2 is 1.79 bits per heavy atom. The first-order chi connectivity index (χ1) is 15.8. The lowest BCUT2D eigenvalue weighted by Gasteiger charge is -2.39. The molecule has 1 aromatic heterocycles. The number of ether oxygens (including phenoxy) is 1. The maximum absolute atomic E-state index is 13.5. The lowest BCUT2D eigenvalue weighted by molar-refractivity contribution is -0.137. The van der Waals surface area contributed by atoms with E-state index in [4.69, 9.17) is 21.6 Å². The Balaban J connectivity index is 1.76. The Labute approximate surface area is 199 Å². The van der Waals surface area contributed by atoms with E-state index in [1.807, 2.05) is 6.07 Å². The van der Waals surface area contributed by atoms with E-state index in [1.165, 1.54) is 42.5 Å². The Morgan fingerprint density at radius 3 is 2.38 bits per heavy atom. The van der Waals surface area contributed by atoms with E-state index in [0.717, 1.165) is 16.4 Å². The van der Waals surface area contributed by atoms with E-state index in [9.17, 15) is 21.6 Å². The van der Waals surface area contributed by atoms with E-state index in [0.29, 0.717) is 11.3 Å². The van der Waals surface area contributed by atoms with Gasteiger partial charge < -0.3 is 4.74 Å². The summed E-state index contributed by atoms with van der Waals surface area (Å²) in [6.07, 6.45) is -4.46. The van der Waals surface area contributed by atoms with Gasteiger partial charge in [0.1, 0.15) is 17.4 Å². The van der Waals surface area contributed by atoms with Gasteiger partial charge in [-0.2, -0.15) is 18.4 Å². The predicted molar refractivity (Wildman–Crippen MR) is 120 cm³/mol. The van der Waals surface area contributed by atoms with Crippen LogP contribution in [0.1, 0.15) is 25.0 Å². The van der Waals surface area contributed by atoms with Crippen LogP contribution in [0.4, 0.5) is 18.9 Å². The Morgan fingerprint density at radius 1 is 1.12 bits per heavy atom. The van der Waals surface area contributed by atoms with Crippen LogP contribution in [0.15, 0.2) is 59.5 Å². The first kappa shape index (κ1) is 23.9. The molecule has 6 nitrogen and oxygen atoms in total. The van der Waals surface area contributed by atoms with E-state index in [-0.39, 0.29) is 33.6 Å². The number of benzene rings is 2. The molecule has 1 aliphatic heterocycles. The molecule has 0 spiro atoms. The zero-order valence-corrected chi connectivity index (χ0v) is 19.5. The second kappa shape index (κ2) is 8.18. The maximum Gasteiger partial charge on any atom is 0.416 e. The van der Waals surface area contributed by atoms with Crippen molar-refractivity contribution in [2.45, 2.75) is 30.5 Å². The molecule has 0 radical (unpaired) electrons. The molecule has 0 aliphatic carbocycles. The molecule has 0 amide bonds. The summed E-state index contributed by atoms with van der Waals surface area (Å²) < 4.78 is 72.6. The van der Waals surface area contributed by atoms with Gasteiger partial charge in [-0.05, 0) is 56.3 Å². The second-order valence-corrected chi connectivity index (χ2v) is 10.5. The van der Waals surface area contributed by atoms with Crippen molar-refractivity contribution < 1.29 is 26.3 Å². The highest BCUT2D eigenvalue weighted by Gasteiger charge is 2.39. The number of hydrogen-bond donors (Lipinski definition) is 0. The quantitative estimate of drug-likeness (QED) is 0.457. The van der Waals surface area contributed by atoms with E-state index in [2.05, 4.69) is 4.98 Å². The third kappa shape index (κ3) is 4.41. The molecule has 0 atom stereocenters. The predicted octanol–water partition coefficient (Wildman–Crippen LogP) is 5.66. The van der Waals surface area contributed by atoms with Crippen LogP contribution in [-0.4, -0.2) is 25.5 Å². The van der Waals surface area contributed by atoms with Gasteiger partial charge in [0.25, 0.3) is 10.0 Å². The average molecular weight is 508 g/mol. The van der Waals surface area contributed by atoms with Crippen molar-refractivity contribution in [1.29, 1.82) is 5.26 Å². The molecule has 0 saturated heterocycles. The normalized spacial score (nSPS) is 15.3. The summed E-state index contributed by atoms with van der Waals surface area (Å²) in [4.78, 5) is 4.29. The number of anilines is 1. The van der Waals surface area contributed by atoms with Gasteiger partial charge >= 0.3 is 6.18 Å². The summed E-state index contributed by atoms with van der Waals surface area (Å²) >= 11 is 6.05. The number of aromatic nitrogens is 1. The summed E-state index contributed by atoms with van der Waals surface area (Å²) in [6.45, 7) is 3.36. The van der Waals surface area contributed by atoms with Gasteiger partial charge in [0.05, 0.1) is 33.3 Å². The number of alkyl halides is 3. The minimum atomic E-state index is -4.46. The molecule has 0 bridgehead atoms. The minimum Gasteiger partial charge on any atom is -0.468 e. The van der Waals surface area contributed by atoms with Gasteiger partial charge in [0.15, 0.2) is 0 Å². The van der Waals surface area contributed by atoms with Crippen LogP contribution in [0.5, 0.6) is 5.88 Å². The van der Waals surface area contributed by atoms with E-state index >= 15 is 0 Å². The molecule has 2 heterocycles. The summed E-state index contributed by atoms with van der Waals surface area (Å²) in [5.41, 5.74) is -0.686. The van der Waals surface area contributed by atoms with Crippen molar-refractivity contribution in [3.05, 3.63) is 70.7 Å². The van der Waals surface area contributed by atoms with Crippen molar-refractivity contribution >= 4 is 27.3 Å². The van der Waals surface area contributed by atoms with Gasteiger partial charge in [-0.25, -0.2) is 13.4 Å². The third-order valence-corrected chi connectivity index (χ3v) is 7.23. The minimum absolute atomic E-state index is 0.00657. The highest BCUT2D eigenvalue weighted by atomic mass is 35.5. The zero-order valence-electron chi connectivity index (χ0n) is 17.9. The summed E-state index contributed by atoms with van der Waals surface area (Å²) in [6, 6.07) is 13.2. The topological polar surface area (TPSA) is 83.3 Å². The molecule has 1 aliphatic rings. The fraction of sp³-hybridized carbons (Fsp3) is 0.217. The van der Waals surface area contributed by atoms with Crippen molar-refractivity contribution in [3.63, 3.8) is 0 Å². The molecule has 0 fully saturated rings. The van der Waals surface area contributed by atoms with Gasteiger partial charge in [0.2, 0.25) is 5.88 Å². The number of rotatable bonds is 3. The lowest BCUT2D eigenvalue weighted by atomic mass is 10.1. The maximum atomic E-state index is 13.5. The standard InChI is InChI=1S/C23H17ClF3N3O3S/c1-22(2)13-30(34(31,32)17-8-5-15(12-28)18(24)11-17)20-10-9-19(29-21(20)33-22)14-3-6-16(7-4-14)23(25,26)27/h3-11H,13H2,1-2H3. The van der Waals surface area contributed by atoms with Crippen LogP contribution < -0.4 is 9.04 Å². The number of nitriles is 1. The van der Waals surface area contributed by atoms with Gasteiger partial charge in [-0.3, -0.25) is 4.31 Å². The van der Waals surface area contributed by atoms with Crippen LogP contribution >= 0.6 is 11.6 Å². The van der Waals surface area contributed by atoms with Crippen LogP contribution in [0.25, 0.3) is 11.3 Å². The van der Waals surface area contributed by atoms with Crippen LogP contribution in [0.2, 0.25) is 5.02 Å². The third-order valence-electron chi connectivity index (χ3n) is 5.16. The largest absolute Gasteiger partial charge is 0.468 e. The molecule has 2 aromatic carbocycles.